The molecule has 2 aromatic carbocycles. The van der Waals surface area contributed by atoms with Crippen LogP contribution in [-0.2, 0) is 17.8 Å². The number of amides is 1. The van der Waals surface area contributed by atoms with Crippen LogP contribution in [0.4, 0.5) is 0 Å². The average Bonchev–Trinajstić information content (AvgIpc) is 2.55. The first-order valence-electron chi connectivity index (χ1n) is 7.45. The van der Waals surface area contributed by atoms with Crippen molar-refractivity contribution in [2.24, 2.45) is 0 Å². The number of benzene rings is 2. The first kappa shape index (κ1) is 13.8. The molecule has 2 N–H and O–H groups in total. The van der Waals surface area contributed by atoms with Crippen molar-refractivity contribution in [2.75, 3.05) is 13.1 Å². The fourth-order valence-electron chi connectivity index (χ4n) is 2.83. The quantitative estimate of drug-likeness (QED) is 0.902. The number of hydrogen-bond donors (Lipinski definition) is 2. The Morgan fingerprint density at radius 1 is 1.10 bits per heavy atom. The number of nitrogens with one attached hydrogen (secondary N) is 2. The van der Waals surface area contributed by atoms with Gasteiger partial charge in [-0.05, 0) is 23.1 Å². The van der Waals surface area contributed by atoms with Gasteiger partial charge in [-0.15, -0.1) is 0 Å². The highest BCUT2D eigenvalue weighted by Gasteiger charge is 2.25. The van der Waals surface area contributed by atoms with Crippen molar-refractivity contribution >= 4 is 5.91 Å². The fourth-order valence-corrected chi connectivity index (χ4v) is 2.83. The van der Waals surface area contributed by atoms with Crippen LogP contribution < -0.4 is 10.6 Å². The molecule has 1 heterocycles. The number of hydrogen-bond acceptors (Lipinski definition) is 2. The maximum absolute atomic E-state index is 12.4. The smallest absolute Gasteiger partial charge is 0.228 e. The molecule has 0 bridgehead atoms. The predicted octanol–water partition coefficient (Wildman–Crippen LogP) is 2.23. The highest BCUT2D eigenvalue weighted by molar-refractivity contribution is 5.84. The monoisotopic (exact) mass is 280 g/mol. The van der Waals surface area contributed by atoms with Gasteiger partial charge in [0.2, 0.25) is 5.91 Å². The lowest BCUT2D eigenvalue weighted by Crippen LogP contribution is -2.39. The van der Waals surface area contributed by atoms with Crippen LogP contribution in [0, 0.1) is 0 Å². The Bertz CT molecular complexity index is 610. The molecule has 0 aromatic heterocycles. The molecule has 1 aliphatic rings. The Hall–Kier alpha value is -2.13. The molecule has 0 fully saturated rings. The molecule has 0 saturated heterocycles. The molecule has 0 radical (unpaired) electrons. The van der Waals surface area contributed by atoms with Crippen LogP contribution in [0.3, 0.4) is 0 Å². The van der Waals surface area contributed by atoms with Gasteiger partial charge in [-0.3, -0.25) is 4.79 Å². The van der Waals surface area contributed by atoms with Gasteiger partial charge < -0.3 is 10.6 Å². The largest absolute Gasteiger partial charge is 0.355 e. The lowest BCUT2D eigenvalue weighted by molar-refractivity contribution is -0.122. The molecule has 3 rings (SSSR count). The van der Waals surface area contributed by atoms with E-state index >= 15 is 0 Å². The summed E-state index contributed by atoms with van der Waals surface area (Å²) in [5.74, 6) is 0.0382. The van der Waals surface area contributed by atoms with Crippen LogP contribution in [0.5, 0.6) is 0 Å². The third kappa shape index (κ3) is 3.31. The van der Waals surface area contributed by atoms with E-state index in [-0.39, 0.29) is 11.8 Å². The zero-order chi connectivity index (χ0) is 14.5. The molecule has 1 aliphatic heterocycles. The van der Waals surface area contributed by atoms with Gasteiger partial charge in [-0.25, -0.2) is 0 Å². The Morgan fingerprint density at radius 3 is 2.71 bits per heavy atom. The van der Waals surface area contributed by atoms with Crippen molar-refractivity contribution in [1.82, 2.24) is 10.6 Å². The van der Waals surface area contributed by atoms with Crippen molar-refractivity contribution in [3.05, 3.63) is 71.3 Å². The summed E-state index contributed by atoms with van der Waals surface area (Å²) in [6.45, 7) is 2.25. The Kier molecular flexibility index (Phi) is 4.31. The van der Waals surface area contributed by atoms with E-state index in [0.717, 1.165) is 18.5 Å². The third-order valence-electron chi connectivity index (χ3n) is 3.97. The Balaban J connectivity index is 1.59. The summed E-state index contributed by atoms with van der Waals surface area (Å²) >= 11 is 0. The summed E-state index contributed by atoms with van der Waals surface area (Å²) in [6.07, 6.45) is 0.869. The Morgan fingerprint density at radius 2 is 1.86 bits per heavy atom. The molecule has 108 valence electrons. The topological polar surface area (TPSA) is 41.1 Å². The summed E-state index contributed by atoms with van der Waals surface area (Å²) in [5.41, 5.74) is 3.64. The minimum absolute atomic E-state index is 0.0780. The number of carbonyl (C=O) groups is 1. The molecule has 0 saturated carbocycles. The lowest BCUT2D eigenvalue weighted by atomic mass is 9.90. The molecule has 3 heteroatoms. The highest BCUT2D eigenvalue weighted by Crippen LogP contribution is 2.23. The molecule has 0 aliphatic carbocycles. The SMILES string of the molecule is O=C(NCCc1ccccc1)C1CNCc2ccccc21. The first-order chi connectivity index (χ1) is 10.3. The van der Waals surface area contributed by atoms with E-state index in [1.165, 1.54) is 11.1 Å². The number of carbonyl (C=O) groups excluding carboxylic acids is 1. The van der Waals surface area contributed by atoms with Crippen molar-refractivity contribution in [1.29, 1.82) is 0 Å². The maximum Gasteiger partial charge on any atom is 0.228 e. The van der Waals surface area contributed by atoms with Gasteiger partial charge in [0.1, 0.15) is 0 Å². The van der Waals surface area contributed by atoms with Gasteiger partial charge in [-0.1, -0.05) is 54.6 Å². The molecule has 3 nitrogen and oxygen atoms in total. The van der Waals surface area contributed by atoms with Crippen LogP contribution in [-0.4, -0.2) is 19.0 Å². The zero-order valence-electron chi connectivity index (χ0n) is 12.0. The minimum Gasteiger partial charge on any atom is -0.355 e. The van der Waals surface area contributed by atoms with E-state index in [9.17, 15) is 4.79 Å². The molecular weight excluding hydrogens is 260 g/mol. The zero-order valence-corrected chi connectivity index (χ0v) is 12.0. The summed E-state index contributed by atoms with van der Waals surface area (Å²) in [6, 6.07) is 18.4. The molecular formula is C18H20N2O. The van der Waals surface area contributed by atoms with Crippen LogP contribution in [0.1, 0.15) is 22.6 Å². The molecule has 0 spiro atoms. The summed E-state index contributed by atoms with van der Waals surface area (Å²) in [5, 5.41) is 6.38. The second-order valence-corrected chi connectivity index (χ2v) is 5.41. The lowest BCUT2D eigenvalue weighted by Gasteiger charge is -2.25. The summed E-state index contributed by atoms with van der Waals surface area (Å²) < 4.78 is 0. The van der Waals surface area contributed by atoms with E-state index in [2.05, 4.69) is 34.9 Å². The van der Waals surface area contributed by atoms with Crippen molar-refractivity contribution in [3.8, 4) is 0 Å². The van der Waals surface area contributed by atoms with Crippen molar-refractivity contribution < 1.29 is 4.79 Å². The van der Waals surface area contributed by atoms with Gasteiger partial charge in [0.05, 0.1) is 5.92 Å². The van der Waals surface area contributed by atoms with Gasteiger partial charge in [0.25, 0.3) is 0 Å². The normalized spacial score (nSPS) is 17.0. The highest BCUT2D eigenvalue weighted by atomic mass is 16.1. The minimum atomic E-state index is -0.0780. The fraction of sp³-hybridized carbons (Fsp3) is 0.278. The maximum atomic E-state index is 12.4. The molecule has 1 unspecified atom stereocenters. The van der Waals surface area contributed by atoms with E-state index in [1.807, 2.05) is 30.3 Å². The second-order valence-electron chi connectivity index (χ2n) is 5.41. The van der Waals surface area contributed by atoms with Gasteiger partial charge >= 0.3 is 0 Å². The standard InChI is InChI=1S/C18H20N2O/c21-18(20-11-10-14-6-2-1-3-7-14)17-13-19-12-15-8-4-5-9-16(15)17/h1-9,17,19H,10-13H2,(H,20,21). The molecule has 1 atom stereocenters. The number of rotatable bonds is 4. The first-order valence-corrected chi connectivity index (χ1v) is 7.45. The Labute approximate surface area is 125 Å². The van der Waals surface area contributed by atoms with Crippen LogP contribution in [0.2, 0.25) is 0 Å². The van der Waals surface area contributed by atoms with E-state index in [4.69, 9.17) is 0 Å². The van der Waals surface area contributed by atoms with E-state index < -0.39 is 0 Å². The second kappa shape index (κ2) is 6.55. The summed E-state index contributed by atoms with van der Waals surface area (Å²) in [7, 11) is 0. The predicted molar refractivity (Wildman–Crippen MR) is 84.0 cm³/mol. The van der Waals surface area contributed by atoms with Crippen molar-refractivity contribution in [2.45, 2.75) is 18.9 Å². The van der Waals surface area contributed by atoms with Gasteiger partial charge in [0.15, 0.2) is 0 Å². The molecule has 2 aromatic rings. The van der Waals surface area contributed by atoms with Crippen LogP contribution >= 0.6 is 0 Å². The average molecular weight is 280 g/mol. The molecule has 21 heavy (non-hydrogen) atoms. The van der Waals surface area contributed by atoms with E-state index in [0.29, 0.717) is 13.1 Å². The van der Waals surface area contributed by atoms with Gasteiger partial charge in [-0.2, -0.15) is 0 Å². The van der Waals surface area contributed by atoms with Crippen LogP contribution in [0.15, 0.2) is 54.6 Å². The molecule has 1 amide bonds. The summed E-state index contributed by atoms with van der Waals surface area (Å²) in [4.78, 5) is 12.4. The van der Waals surface area contributed by atoms with Gasteiger partial charge in [0, 0.05) is 19.6 Å². The van der Waals surface area contributed by atoms with Crippen LogP contribution in [0.25, 0.3) is 0 Å². The van der Waals surface area contributed by atoms with Crippen molar-refractivity contribution in [3.63, 3.8) is 0 Å². The third-order valence-corrected chi connectivity index (χ3v) is 3.97. The number of fused-ring (bicyclic) bond motifs is 1. The van der Waals surface area contributed by atoms with E-state index in [1.54, 1.807) is 0 Å².